The molecule has 2 saturated carbocycles. The van der Waals surface area contributed by atoms with Gasteiger partial charge in [0.05, 0.1) is 18.2 Å². The maximum absolute atomic E-state index is 12.4. The van der Waals surface area contributed by atoms with Crippen LogP contribution in [-0.4, -0.2) is 30.8 Å². The lowest BCUT2D eigenvalue weighted by molar-refractivity contribution is 0.0666. The number of urea groups is 1. The second-order valence-electron chi connectivity index (χ2n) is 8.47. The van der Waals surface area contributed by atoms with Crippen molar-refractivity contribution in [3.05, 3.63) is 34.9 Å². The van der Waals surface area contributed by atoms with Crippen LogP contribution in [0.4, 0.5) is 4.79 Å². The molecule has 2 N–H and O–H groups in total. The van der Waals surface area contributed by atoms with E-state index >= 15 is 0 Å². The van der Waals surface area contributed by atoms with E-state index in [0.717, 1.165) is 37.6 Å². The van der Waals surface area contributed by atoms with Crippen LogP contribution < -0.4 is 10.6 Å². The Balaban J connectivity index is 1.19. The van der Waals surface area contributed by atoms with Crippen LogP contribution in [0, 0.1) is 25.7 Å². The van der Waals surface area contributed by atoms with Crippen molar-refractivity contribution < 1.29 is 9.53 Å². The second-order valence-corrected chi connectivity index (χ2v) is 8.47. The van der Waals surface area contributed by atoms with Gasteiger partial charge in [0.25, 0.3) is 0 Å². The molecule has 24 heavy (non-hydrogen) atoms. The molecule has 1 aromatic rings. The van der Waals surface area contributed by atoms with Crippen molar-refractivity contribution in [2.75, 3.05) is 6.54 Å². The minimum atomic E-state index is -0.0237. The first kappa shape index (κ1) is 14.8. The maximum atomic E-state index is 12.4. The van der Waals surface area contributed by atoms with Crippen LogP contribution >= 0.6 is 0 Å². The number of aryl methyl sites for hydroxylation is 2. The summed E-state index contributed by atoms with van der Waals surface area (Å²) in [5.74, 6) is 1.52. The molecule has 128 valence electrons. The first-order valence-electron chi connectivity index (χ1n) is 9.33. The molecule has 0 aromatic heterocycles. The molecule has 4 fully saturated rings. The summed E-state index contributed by atoms with van der Waals surface area (Å²) < 4.78 is 5.96. The van der Waals surface area contributed by atoms with Gasteiger partial charge in [-0.3, -0.25) is 0 Å². The van der Waals surface area contributed by atoms with Gasteiger partial charge in [-0.1, -0.05) is 23.8 Å². The number of nitrogens with one attached hydrogen (secondary N) is 2. The molecule has 0 unspecified atom stereocenters. The van der Waals surface area contributed by atoms with Crippen LogP contribution in [0.2, 0.25) is 0 Å². The number of rotatable bonds is 4. The standard InChI is InChI=1S/C20H26N2O2/c1-11-3-4-15(12(2)7-11)20(5-6-20)10-21-19(23)22-16-9-17-13-8-14(13)18(16)24-17/h3-4,7,13-14,16-18H,5-6,8-10H2,1-2H3,(H2,21,22,23)/t13-,14+,16-,17+,18+/m1/s1. The van der Waals surface area contributed by atoms with E-state index in [-0.39, 0.29) is 23.6 Å². The van der Waals surface area contributed by atoms with Crippen molar-refractivity contribution in [1.29, 1.82) is 0 Å². The molecular formula is C20H26N2O2. The summed E-state index contributed by atoms with van der Waals surface area (Å²) in [6, 6.07) is 6.86. The minimum Gasteiger partial charge on any atom is -0.372 e. The van der Waals surface area contributed by atoms with Crippen molar-refractivity contribution >= 4 is 6.03 Å². The number of benzene rings is 1. The van der Waals surface area contributed by atoms with Crippen LogP contribution in [-0.2, 0) is 10.2 Å². The fourth-order valence-electron chi connectivity index (χ4n) is 5.16. The predicted molar refractivity (Wildman–Crippen MR) is 92.0 cm³/mol. The predicted octanol–water partition coefficient (Wildman–Crippen LogP) is 2.81. The second kappa shape index (κ2) is 4.98. The van der Waals surface area contributed by atoms with Gasteiger partial charge in [-0.05, 0) is 62.5 Å². The van der Waals surface area contributed by atoms with E-state index in [1.165, 1.54) is 23.1 Å². The summed E-state index contributed by atoms with van der Waals surface area (Å²) in [6.07, 6.45) is 5.33. The zero-order chi connectivity index (χ0) is 16.5. The summed E-state index contributed by atoms with van der Waals surface area (Å²) in [6.45, 7) is 5.04. The van der Waals surface area contributed by atoms with Gasteiger partial charge in [0.15, 0.2) is 0 Å². The monoisotopic (exact) mass is 326 g/mol. The van der Waals surface area contributed by atoms with Crippen molar-refractivity contribution in [3.63, 3.8) is 0 Å². The van der Waals surface area contributed by atoms with E-state index in [0.29, 0.717) is 6.10 Å². The highest BCUT2D eigenvalue weighted by Gasteiger charge is 2.63. The summed E-state index contributed by atoms with van der Waals surface area (Å²) in [5.41, 5.74) is 4.20. The zero-order valence-electron chi connectivity index (χ0n) is 14.5. The molecule has 2 heterocycles. The third-order valence-corrected chi connectivity index (χ3v) is 6.72. The molecular weight excluding hydrogens is 300 g/mol. The Labute approximate surface area is 143 Å². The Morgan fingerprint density at radius 3 is 2.75 bits per heavy atom. The molecule has 2 aliphatic heterocycles. The first-order valence-corrected chi connectivity index (χ1v) is 9.33. The van der Waals surface area contributed by atoms with Gasteiger partial charge >= 0.3 is 6.03 Å². The molecule has 2 bridgehead atoms. The number of fused-ring (bicyclic) bond motifs is 5. The summed E-state index contributed by atoms with van der Waals surface area (Å²) in [4.78, 5) is 12.4. The molecule has 4 heteroatoms. The van der Waals surface area contributed by atoms with E-state index in [9.17, 15) is 4.79 Å². The molecule has 4 aliphatic rings. The van der Waals surface area contributed by atoms with Gasteiger partial charge in [0, 0.05) is 12.0 Å². The van der Waals surface area contributed by atoms with E-state index in [1.54, 1.807) is 0 Å². The summed E-state index contributed by atoms with van der Waals surface area (Å²) >= 11 is 0. The third-order valence-electron chi connectivity index (χ3n) is 6.72. The Morgan fingerprint density at radius 2 is 2.08 bits per heavy atom. The Bertz CT molecular complexity index is 697. The van der Waals surface area contributed by atoms with Gasteiger partial charge in [-0.25, -0.2) is 4.79 Å². The number of hydrogen-bond acceptors (Lipinski definition) is 2. The molecule has 2 amide bonds. The Kier molecular flexibility index (Phi) is 3.06. The molecule has 4 nitrogen and oxygen atoms in total. The lowest BCUT2D eigenvalue weighted by atomic mass is 9.91. The van der Waals surface area contributed by atoms with E-state index in [1.807, 2.05) is 0 Å². The average molecular weight is 326 g/mol. The molecule has 5 atom stereocenters. The van der Waals surface area contributed by atoms with Crippen LogP contribution in [0.25, 0.3) is 0 Å². The number of ether oxygens (including phenoxy) is 1. The number of amides is 2. The first-order chi connectivity index (χ1) is 11.6. The summed E-state index contributed by atoms with van der Waals surface area (Å²) in [7, 11) is 0. The zero-order valence-corrected chi connectivity index (χ0v) is 14.5. The number of carbonyl (C=O) groups is 1. The van der Waals surface area contributed by atoms with Crippen molar-refractivity contribution in [2.24, 2.45) is 11.8 Å². The minimum absolute atomic E-state index is 0.0237. The third kappa shape index (κ3) is 2.26. The average Bonchev–Trinajstić information content (AvgIpc) is 3.44. The quantitative estimate of drug-likeness (QED) is 0.894. The maximum Gasteiger partial charge on any atom is 0.315 e. The fraction of sp³-hybridized carbons (Fsp3) is 0.650. The highest BCUT2D eigenvalue weighted by Crippen LogP contribution is 2.58. The number of hydrogen-bond donors (Lipinski definition) is 2. The van der Waals surface area contributed by atoms with Crippen LogP contribution in [0.3, 0.4) is 0 Å². The van der Waals surface area contributed by atoms with Gasteiger partial charge in [0.2, 0.25) is 0 Å². The lowest BCUT2D eigenvalue weighted by Gasteiger charge is -2.23. The molecule has 2 saturated heterocycles. The molecule has 0 spiro atoms. The largest absolute Gasteiger partial charge is 0.372 e. The normalized spacial score (nSPS) is 37.0. The van der Waals surface area contributed by atoms with Crippen LogP contribution in [0.5, 0.6) is 0 Å². The molecule has 2 aliphatic carbocycles. The SMILES string of the molecule is Cc1ccc(C2(CNC(=O)N[C@@H]3C[C@@H]4O[C@H]3[C@H]3C[C@H]34)CC2)c(C)c1. The fourth-order valence-corrected chi connectivity index (χ4v) is 5.16. The lowest BCUT2D eigenvalue weighted by Crippen LogP contribution is -2.48. The summed E-state index contributed by atoms with van der Waals surface area (Å²) in [5, 5.41) is 6.30. The van der Waals surface area contributed by atoms with Crippen molar-refractivity contribution in [3.8, 4) is 0 Å². The van der Waals surface area contributed by atoms with Crippen molar-refractivity contribution in [1.82, 2.24) is 10.6 Å². The van der Waals surface area contributed by atoms with Crippen LogP contribution in [0.15, 0.2) is 18.2 Å². The van der Waals surface area contributed by atoms with Gasteiger partial charge in [-0.2, -0.15) is 0 Å². The van der Waals surface area contributed by atoms with Gasteiger partial charge in [-0.15, -0.1) is 0 Å². The van der Waals surface area contributed by atoms with Crippen LogP contribution in [0.1, 0.15) is 42.4 Å². The topological polar surface area (TPSA) is 50.4 Å². The smallest absolute Gasteiger partial charge is 0.315 e. The highest BCUT2D eigenvalue weighted by molar-refractivity contribution is 5.74. The molecule has 0 radical (unpaired) electrons. The van der Waals surface area contributed by atoms with E-state index < -0.39 is 0 Å². The number of carbonyl (C=O) groups excluding carboxylic acids is 1. The highest BCUT2D eigenvalue weighted by atomic mass is 16.5. The van der Waals surface area contributed by atoms with Gasteiger partial charge in [0.1, 0.15) is 0 Å². The van der Waals surface area contributed by atoms with Crippen molar-refractivity contribution in [2.45, 2.75) is 63.2 Å². The Hall–Kier alpha value is -1.55. The van der Waals surface area contributed by atoms with E-state index in [4.69, 9.17) is 4.74 Å². The van der Waals surface area contributed by atoms with Gasteiger partial charge < -0.3 is 15.4 Å². The van der Waals surface area contributed by atoms with E-state index in [2.05, 4.69) is 42.7 Å². The molecule has 1 aromatic carbocycles. The molecule has 5 rings (SSSR count). The Morgan fingerprint density at radius 1 is 1.25 bits per heavy atom.